The molecule has 1 aromatic carbocycles. The maximum Gasteiger partial charge on any atom is 0.120 e. The van der Waals surface area contributed by atoms with Crippen molar-refractivity contribution in [1.82, 2.24) is 15.1 Å². The summed E-state index contributed by atoms with van der Waals surface area (Å²) in [6, 6.07) is 15.5. The molecule has 2 heterocycles. The quantitative estimate of drug-likeness (QED) is 0.835. The number of likely N-dealkylation sites (N-methyl/N-ethyl adjacent to an activating group) is 1. The van der Waals surface area contributed by atoms with E-state index in [2.05, 4.69) is 78.5 Å². The van der Waals surface area contributed by atoms with Gasteiger partial charge in [-0.3, -0.25) is 10.2 Å². The molecule has 1 N–H and O–H groups in total. The van der Waals surface area contributed by atoms with Crippen LogP contribution in [0, 0.1) is 0 Å². The maximum absolute atomic E-state index is 5.95. The summed E-state index contributed by atoms with van der Waals surface area (Å²) in [5.74, 6) is 2.08. The van der Waals surface area contributed by atoms with Gasteiger partial charge in [-0.1, -0.05) is 37.3 Å². The summed E-state index contributed by atoms with van der Waals surface area (Å²) in [7, 11) is 2.20. The minimum absolute atomic E-state index is 0.193. The molecule has 1 aromatic heterocycles. The topological polar surface area (TPSA) is 31.6 Å². The summed E-state index contributed by atoms with van der Waals surface area (Å²) in [5, 5.41) is 3.80. The maximum atomic E-state index is 5.95. The van der Waals surface area contributed by atoms with Crippen LogP contribution in [-0.4, -0.2) is 49.6 Å². The number of hydrogen-bond acceptors (Lipinski definition) is 4. The van der Waals surface area contributed by atoms with E-state index in [1.807, 2.05) is 0 Å². The van der Waals surface area contributed by atoms with E-state index in [1.54, 1.807) is 0 Å². The lowest BCUT2D eigenvalue weighted by Crippen LogP contribution is -2.47. The Kier molecular flexibility index (Phi) is 6.29. The van der Waals surface area contributed by atoms with Gasteiger partial charge in [-0.15, -0.1) is 0 Å². The third-order valence-electron chi connectivity index (χ3n) is 5.15. The molecule has 0 bridgehead atoms. The predicted molar refractivity (Wildman–Crippen MR) is 103 cm³/mol. The number of benzene rings is 1. The van der Waals surface area contributed by atoms with Crippen LogP contribution < -0.4 is 5.32 Å². The summed E-state index contributed by atoms with van der Waals surface area (Å²) in [4.78, 5) is 4.97. The van der Waals surface area contributed by atoms with Crippen LogP contribution in [0.4, 0.5) is 0 Å². The molecular formula is C21H31N3O. The van der Waals surface area contributed by atoms with Crippen LogP contribution in [0.15, 0.2) is 46.9 Å². The molecule has 2 aromatic rings. The van der Waals surface area contributed by atoms with Crippen LogP contribution >= 0.6 is 0 Å². The summed E-state index contributed by atoms with van der Waals surface area (Å²) >= 11 is 0. The van der Waals surface area contributed by atoms with Crippen molar-refractivity contribution >= 4 is 0 Å². The van der Waals surface area contributed by atoms with Crippen LogP contribution in [0.3, 0.4) is 0 Å². The first-order chi connectivity index (χ1) is 12.2. The molecule has 25 heavy (non-hydrogen) atoms. The lowest BCUT2D eigenvalue weighted by Gasteiger charge is -2.35. The molecule has 3 rings (SSSR count). The van der Waals surface area contributed by atoms with Gasteiger partial charge >= 0.3 is 0 Å². The van der Waals surface area contributed by atoms with Gasteiger partial charge in [0, 0.05) is 45.2 Å². The van der Waals surface area contributed by atoms with Crippen molar-refractivity contribution in [2.45, 2.75) is 32.4 Å². The van der Waals surface area contributed by atoms with Gasteiger partial charge in [-0.2, -0.15) is 0 Å². The van der Waals surface area contributed by atoms with Crippen molar-refractivity contribution in [3.63, 3.8) is 0 Å². The normalized spacial score (nSPS) is 19.0. The summed E-state index contributed by atoms with van der Waals surface area (Å²) in [6.07, 6.45) is 0.941. The van der Waals surface area contributed by atoms with Crippen molar-refractivity contribution < 1.29 is 4.42 Å². The lowest BCUT2D eigenvalue weighted by molar-refractivity contribution is 0.139. The van der Waals surface area contributed by atoms with E-state index in [0.29, 0.717) is 6.04 Å². The van der Waals surface area contributed by atoms with E-state index in [-0.39, 0.29) is 6.04 Å². The largest absolute Gasteiger partial charge is 0.464 e. The Balaban J connectivity index is 1.69. The molecule has 4 heteroatoms. The third kappa shape index (κ3) is 4.94. The highest BCUT2D eigenvalue weighted by molar-refractivity contribution is 5.20. The summed E-state index contributed by atoms with van der Waals surface area (Å²) in [6.45, 7) is 9.92. The Morgan fingerprint density at radius 1 is 1.04 bits per heavy atom. The first-order valence-corrected chi connectivity index (χ1v) is 9.46. The van der Waals surface area contributed by atoms with Gasteiger partial charge in [0.2, 0.25) is 0 Å². The molecule has 136 valence electrons. The van der Waals surface area contributed by atoms with Gasteiger partial charge in [-0.25, -0.2) is 0 Å². The Morgan fingerprint density at radius 3 is 2.40 bits per heavy atom. The minimum Gasteiger partial charge on any atom is -0.464 e. The molecule has 1 aliphatic heterocycles. The van der Waals surface area contributed by atoms with E-state index < -0.39 is 0 Å². The predicted octanol–water partition coefficient (Wildman–Crippen LogP) is 3.48. The van der Waals surface area contributed by atoms with Gasteiger partial charge in [0.15, 0.2) is 0 Å². The Labute approximate surface area is 151 Å². The number of nitrogens with zero attached hydrogens (tertiary/aromatic N) is 2. The highest BCUT2D eigenvalue weighted by Crippen LogP contribution is 2.23. The first-order valence-electron chi connectivity index (χ1n) is 9.46. The average Bonchev–Trinajstić information content (AvgIpc) is 3.13. The van der Waals surface area contributed by atoms with E-state index in [4.69, 9.17) is 4.42 Å². The highest BCUT2D eigenvalue weighted by Gasteiger charge is 2.22. The number of rotatable bonds is 7. The van der Waals surface area contributed by atoms with Crippen LogP contribution in [0.5, 0.6) is 0 Å². The zero-order valence-corrected chi connectivity index (χ0v) is 15.7. The second-order valence-corrected chi connectivity index (χ2v) is 7.11. The molecule has 0 aliphatic carbocycles. The fourth-order valence-corrected chi connectivity index (χ4v) is 3.43. The van der Waals surface area contributed by atoms with Crippen molar-refractivity contribution in [3.8, 4) is 0 Å². The number of piperazine rings is 1. The number of hydrogen-bond donors (Lipinski definition) is 1. The molecule has 0 spiro atoms. The van der Waals surface area contributed by atoms with Gasteiger partial charge in [-0.05, 0) is 31.7 Å². The third-order valence-corrected chi connectivity index (χ3v) is 5.15. The lowest BCUT2D eigenvalue weighted by atomic mass is 10.0. The number of furan rings is 1. The van der Waals surface area contributed by atoms with E-state index in [0.717, 1.165) is 50.7 Å². The summed E-state index contributed by atoms with van der Waals surface area (Å²) in [5.41, 5.74) is 1.34. The number of aryl methyl sites for hydroxylation is 1. The molecule has 2 unspecified atom stereocenters. The second-order valence-electron chi connectivity index (χ2n) is 7.11. The SMILES string of the molecule is CCc1ccc(C(C)NC(CN2CCN(C)CC2)c2ccccc2)o1. The van der Waals surface area contributed by atoms with Gasteiger partial charge in [0.05, 0.1) is 6.04 Å². The molecular weight excluding hydrogens is 310 g/mol. The van der Waals surface area contributed by atoms with Gasteiger partial charge in [0.25, 0.3) is 0 Å². The van der Waals surface area contributed by atoms with Crippen molar-refractivity contribution in [2.24, 2.45) is 0 Å². The zero-order chi connectivity index (χ0) is 17.6. The highest BCUT2D eigenvalue weighted by atomic mass is 16.3. The Hall–Kier alpha value is -1.62. The van der Waals surface area contributed by atoms with Crippen LogP contribution in [0.1, 0.15) is 43.0 Å². The monoisotopic (exact) mass is 341 g/mol. The molecule has 0 saturated carbocycles. The van der Waals surface area contributed by atoms with E-state index in [9.17, 15) is 0 Å². The van der Waals surface area contributed by atoms with Gasteiger partial charge in [0.1, 0.15) is 11.5 Å². The van der Waals surface area contributed by atoms with Crippen molar-refractivity contribution in [3.05, 3.63) is 59.5 Å². The average molecular weight is 341 g/mol. The first kappa shape index (κ1) is 18.2. The zero-order valence-electron chi connectivity index (χ0n) is 15.7. The standard InChI is InChI=1S/C21H31N3O/c1-4-19-10-11-21(25-19)17(2)22-20(18-8-6-5-7-9-18)16-24-14-12-23(3)13-15-24/h5-11,17,20,22H,4,12-16H2,1-3H3. The molecule has 1 aliphatic rings. The summed E-state index contributed by atoms with van der Waals surface area (Å²) < 4.78 is 5.95. The molecule has 0 radical (unpaired) electrons. The molecule has 1 fully saturated rings. The minimum atomic E-state index is 0.193. The Bertz CT molecular complexity index is 632. The van der Waals surface area contributed by atoms with Gasteiger partial charge < -0.3 is 9.32 Å². The molecule has 1 saturated heterocycles. The van der Waals surface area contributed by atoms with Crippen molar-refractivity contribution in [2.75, 3.05) is 39.8 Å². The number of nitrogens with one attached hydrogen (secondary N) is 1. The second kappa shape index (κ2) is 8.65. The van der Waals surface area contributed by atoms with Crippen LogP contribution in [0.25, 0.3) is 0 Å². The fraction of sp³-hybridized carbons (Fsp3) is 0.524. The molecule has 2 atom stereocenters. The van der Waals surface area contributed by atoms with E-state index >= 15 is 0 Å². The molecule has 0 amide bonds. The van der Waals surface area contributed by atoms with Crippen LogP contribution in [0.2, 0.25) is 0 Å². The smallest absolute Gasteiger partial charge is 0.120 e. The fourth-order valence-electron chi connectivity index (χ4n) is 3.43. The van der Waals surface area contributed by atoms with Crippen molar-refractivity contribution in [1.29, 1.82) is 0 Å². The molecule has 4 nitrogen and oxygen atoms in total. The van der Waals surface area contributed by atoms with E-state index in [1.165, 1.54) is 5.56 Å². The van der Waals surface area contributed by atoms with Crippen LogP contribution in [-0.2, 0) is 6.42 Å². The Morgan fingerprint density at radius 2 is 1.76 bits per heavy atom.